The molecule has 20 heavy (non-hydrogen) atoms. The van der Waals surface area contributed by atoms with E-state index in [4.69, 9.17) is 5.11 Å². The number of nitrogens with zero attached hydrogens (tertiary/aromatic N) is 2. The molecule has 2 aromatic rings. The minimum Gasteiger partial charge on any atom is -0.478 e. The summed E-state index contributed by atoms with van der Waals surface area (Å²) < 4.78 is 1.66. The summed E-state index contributed by atoms with van der Waals surface area (Å²) in [5, 5.41) is 8.94. The third kappa shape index (κ3) is 3.08. The summed E-state index contributed by atoms with van der Waals surface area (Å²) in [7, 11) is 4.04. The smallest absolute Gasteiger partial charge is 0.335 e. The van der Waals surface area contributed by atoms with E-state index in [0.717, 1.165) is 24.9 Å². The second kappa shape index (κ2) is 5.92. The van der Waals surface area contributed by atoms with Gasteiger partial charge in [0.25, 0.3) is 0 Å². The Bertz CT molecular complexity index is 670. The molecule has 0 fully saturated rings. The topological polar surface area (TPSA) is 78.3 Å². The fourth-order valence-corrected chi connectivity index (χ4v) is 2.22. The van der Waals surface area contributed by atoms with Gasteiger partial charge in [-0.25, -0.2) is 9.59 Å². The number of rotatable bonds is 6. The predicted octanol–water partition coefficient (Wildman–Crippen LogP) is 1.37. The summed E-state index contributed by atoms with van der Waals surface area (Å²) in [4.78, 5) is 27.6. The van der Waals surface area contributed by atoms with Crippen LogP contribution in [0.1, 0.15) is 23.2 Å². The Labute approximate surface area is 116 Å². The molecule has 0 unspecified atom stereocenters. The van der Waals surface area contributed by atoms with Crippen molar-refractivity contribution in [2.75, 3.05) is 20.6 Å². The van der Waals surface area contributed by atoms with Gasteiger partial charge in [0.1, 0.15) is 0 Å². The van der Waals surface area contributed by atoms with E-state index in [1.807, 2.05) is 14.1 Å². The van der Waals surface area contributed by atoms with Gasteiger partial charge < -0.3 is 15.0 Å². The van der Waals surface area contributed by atoms with E-state index < -0.39 is 5.97 Å². The molecule has 0 saturated carbocycles. The molecule has 0 saturated heterocycles. The maximum atomic E-state index is 11.9. The van der Waals surface area contributed by atoms with Crippen LogP contribution >= 0.6 is 0 Å². The molecular weight excluding hydrogens is 258 g/mol. The number of hydrogen-bond donors (Lipinski definition) is 2. The van der Waals surface area contributed by atoms with Gasteiger partial charge in [0, 0.05) is 6.54 Å². The third-order valence-electron chi connectivity index (χ3n) is 3.26. The van der Waals surface area contributed by atoms with Gasteiger partial charge in [-0.15, -0.1) is 0 Å². The van der Waals surface area contributed by atoms with Crippen LogP contribution in [-0.4, -0.2) is 46.2 Å². The van der Waals surface area contributed by atoms with Crippen molar-refractivity contribution in [3.63, 3.8) is 0 Å². The van der Waals surface area contributed by atoms with Gasteiger partial charge in [-0.3, -0.25) is 4.57 Å². The van der Waals surface area contributed by atoms with Gasteiger partial charge in [-0.2, -0.15) is 0 Å². The molecule has 108 valence electrons. The predicted molar refractivity (Wildman–Crippen MR) is 77.3 cm³/mol. The number of aromatic nitrogens is 2. The van der Waals surface area contributed by atoms with E-state index in [1.165, 1.54) is 12.1 Å². The van der Waals surface area contributed by atoms with Gasteiger partial charge in [0.05, 0.1) is 16.6 Å². The van der Waals surface area contributed by atoms with E-state index in [2.05, 4.69) is 9.88 Å². The Morgan fingerprint density at radius 2 is 2.10 bits per heavy atom. The third-order valence-corrected chi connectivity index (χ3v) is 3.26. The average molecular weight is 277 g/mol. The number of benzene rings is 1. The summed E-state index contributed by atoms with van der Waals surface area (Å²) >= 11 is 0. The van der Waals surface area contributed by atoms with E-state index in [-0.39, 0.29) is 11.3 Å². The molecule has 2 rings (SSSR count). The number of aromatic amines is 1. The number of fused-ring (bicyclic) bond motifs is 1. The Morgan fingerprint density at radius 1 is 1.35 bits per heavy atom. The monoisotopic (exact) mass is 277 g/mol. The fraction of sp³-hybridized carbons (Fsp3) is 0.429. The fourth-order valence-electron chi connectivity index (χ4n) is 2.22. The largest absolute Gasteiger partial charge is 0.478 e. The first-order chi connectivity index (χ1) is 9.49. The van der Waals surface area contributed by atoms with Crippen LogP contribution < -0.4 is 5.69 Å². The molecule has 0 aliphatic heterocycles. The number of carbonyl (C=O) groups is 1. The molecule has 6 heteroatoms. The molecule has 0 atom stereocenters. The van der Waals surface area contributed by atoms with Crippen LogP contribution in [0.3, 0.4) is 0 Å². The van der Waals surface area contributed by atoms with E-state index in [1.54, 1.807) is 10.6 Å². The lowest BCUT2D eigenvalue weighted by Gasteiger charge is -2.09. The Kier molecular flexibility index (Phi) is 4.24. The highest BCUT2D eigenvalue weighted by Gasteiger charge is 2.09. The Balaban J connectivity index is 2.19. The lowest BCUT2D eigenvalue weighted by atomic mass is 10.2. The van der Waals surface area contributed by atoms with E-state index in [0.29, 0.717) is 12.1 Å². The van der Waals surface area contributed by atoms with Crippen molar-refractivity contribution >= 4 is 17.0 Å². The zero-order valence-electron chi connectivity index (χ0n) is 11.7. The molecule has 0 radical (unpaired) electrons. The number of hydrogen-bond acceptors (Lipinski definition) is 3. The second-order valence-corrected chi connectivity index (χ2v) is 5.13. The molecule has 6 nitrogen and oxygen atoms in total. The van der Waals surface area contributed by atoms with Crippen LogP contribution in [0.25, 0.3) is 11.0 Å². The highest BCUT2D eigenvalue weighted by molar-refractivity contribution is 5.92. The number of imidazole rings is 1. The zero-order valence-corrected chi connectivity index (χ0v) is 11.7. The molecule has 2 N–H and O–H groups in total. The lowest BCUT2D eigenvalue weighted by molar-refractivity contribution is 0.0697. The lowest BCUT2D eigenvalue weighted by Crippen LogP contribution is -2.18. The maximum Gasteiger partial charge on any atom is 0.335 e. The molecular formula is C14H19N3O3. The van der Waals surface area contributed by atoms with Crippen LogP contribution in [-0.2, 0) is 6.54 Å². The van der Waals surface area contributed by atoms with Crippen molar-refractivity contribution < 1.29 is 9.90 Å². The van der Waals surface area contributed by atoms with Crippen LogP contribution in [0.5, 0.6) is 0 Å². The maximum absolute atomic E-state index is 11.9. The zero-order chi connectivity index (χ0) is 14.7. The van der Waals surface area contributed by atoms with Gasteiger partial charge in [0.2, 0.25) is 0 Å². The SMILES string of the molecule is CN(C)CCCCn1c(=O)[nH]c2cc(C(=O)O)ccc21. The van der Waals surface area contributed by atoms with Crippen molar-refractivity contribution in [1.29, 1.82) is 0 Å². The van der Waals surface area contributed by atoms with Crippen molar-refractivity contribution in [2.45, 2.75) is 19.4 Å². The number of carboxylic acids is 1. The van der Waals surface area contributed by atoms with Gasteiger partial charge >= 0.3 is 11.7 Å². The standard InChI is InChI=1S/C14H19N3O3/c1-16(2)7-3-4-8-17-12-6-5-10(13(18)19)9-11(12)15-14(17)20/h5-6,9H,3-4,7-8H2,1-2H3,(H,15,20)(H,18,19). The second-order valence-electron chi connectivity index (χ2n) is 5.13. The molecule has 1 heterocycles. The van der Waals surface area contributed by atoms with Gasteiger partial charge in [-0.05, 0) is 51.7 Å². The van der Waals surface area contributed by atoms with Crippen molar-refractivity contribution in [2.24, 2.45) is 0 Å². The highest BCUT2D eigenvalue weighted by atomic mass is 16.4. The molecule has 0 spiro atoms. The molecule has 1 aromatic heterocycles. The summed E-state index contributed by atoms with van der Waals surface area (Å²) in [6.45, 7) is 1.62. The number of aryl methyl sites for hydroxylation is 1. The van der Waals surface area contributed by atoms with Crippen LogP contribution in [0.2, 0.25) is 0 Å². The van der Waals surface area contributed by atoms with Crippen LogP contribution in [0.15, 0.2) is 23.0 Å². The summed E-state index contributed by atoms with van der Waals surface area (Å²) in [6, 6.07) is 4.70. The molecule has 0 aliphatic carbocycles. The first kappa shape index (κ1) is 14.3. The first-order valence-corrected chi connectivity index (χ1v) is 6.59. The van der Waals surface area contributed by atoms with Gasteiger partial charge in [0.15, 0.2) is 0 Å². The number of H-pyrrole nitrogens is 1. The Hall–Kier alpha value is -2.08. The number of carboxylic acid groups (broad SMARTS) is 1. The van der Waals surface area contributed by atoms with E-state index in [9.17, 15) is 9.59 Å². The summed E-state index contributed by atoms with van der Waals surface area (Å²) in [5.74, 6) is -0.994. The number of unbranched alkanes of at least 4 members (excludes halogenated alkanes) is 1. The van der Waals surface area contributed by atoms with Gasteiger partial charge in [-0.1, -0.05) is 0 Å². The number of nitrogens with one attached hydrogen (secondary N) is 1. The quantitative estimate of drug-likeness (QED) is 0.782. The van der Waals surface area contributed by atoms with Crippen molar-refractivity contribution in [3.05, 3.63) is 34.2 Å². The van der Waals surface area contributed by atoms with Crippen LogP contribution in [0.4, 0.5) is 0 Å². The summed E-state index contributed by atoms with van der Waals surface area (Å²) in [6.07, 6.45) is 1.92. The van der Waals surface area contributed by atoms with E-state index >= 15 is 0 Å². The minimum atomic E-state index is -0.994. The molecule has 1 aromatic carbocycles. The average Bonchev–Trinajstić information content (AvgIpc) is 2.69. The minimum absolute atomic E-state index is 0.179. The van der Waals surface area contributed by atoms with Crippen molar-refractivity contribution in [1.82, 2.24) is 14.5 Å². The van der Waals surface area contributed by atoms with Crippen LogP contribution in [0, 0.1) is 0 Å². The van der Waals surface area contributed by atoms with Crippen molar-refractivity contribution in [3.8, 4) is 0 Å². The number of aromatic carboxylic acids is 1. The summed E-state index contributed by atoms with van der Waals surface area (Å²) in [5.41, 5.74) is 1.32. The molecule has 0 bridgehead atoms. The first-order valence-electron chi connectivity index (χ1n) is 6.59. The molecule has 0 amide bonds. The normalized spacial score (nSPS) is 11.3. The molecule has 0 aliphatic rings. The Morgan fingerprint density at radius 3 is 2.75 bits per heavy atom. The highest BCUT2D eigenvalue weighted by Crippen LogP contribution is 2.13.